The van der Waals surface area contributed by atoms with Crippen LogP contribution < -0.4 is 5.32 Å². The van der Waals surface area contributed by atoms with Crippen LogP contribution in [0, 0.1) is 30.1 Å². The number of carbonyl (C=O) groups is 3. The Morgan fingerprint density at radius 2 is 1.89 bits per heavy atom. The molecule has 9 heteroatoms. The van der Waals surface area contributed by atoms with E-state index in [2.05, 4.69) is 10.3 Å². The number of aryl methyl sites for hydroxylation is 1. The molecule has 2 aliphatic rings. The van der Waals surface area contributed by atoms with E-state index in [-0.39, 0.29) is 36.0 Å². The van der Waals surface area contributed by atoms with Crippen molar-refractivity contribution in [1.29, 1.82) is 0 Å². The monoisotopic (exact) mass is 534 g/mol. The van der Waals surface area contributed by atoms with Gasteiger partial charge in [-0.25, -0.2) is 4.98 Å². The minimum atomic E-state index is -1.26. The number of fused-ring (bicyclic) bond motifs is 1. The fourth-order valence-electron chi connectivity index (χ4n) is 5.54. The average Bonchev–Trinajstić information content (AvgIpc) is 3.40. The van der Waals surface area contributed by atoms with E-state index >= 15 is 0 Å². The summed E-state index contributed by atoms with van der Waals surface area (Å²) < 4.78 is 5.91. The van der Waals surface area contributed by atoms with Crippen molar-refractivity contribution in [1.82, 2.24) is 10.3 Å². The molecule has 2 fully saturated rings. The van der Waals surface area contributed by atoms with Crippen molar-refractivity contribution in [3.05, 3.63) is 21.7 Å². The fourth-order valence-corrected chi connectivity index (χ4v) is 6.11. The van der Waals surface area contributed by atoms with Crippen LogP contribution in [0.3, 0.4) is 0 Å². The van der Waals surface area contributed by atoms with Crippen LogP contribution in [0.5, 0.6) is 0 Å². The Morgan fingerprint density at radius 1 is 1.19 bits per heavy atom. The summed E-state index contributed by atoms with van der Waals surface area (Å²) in [5.41, 5.74) is 0.364. The van der Waals surface area contributed by atoms with Crippen LogP contribution in [-0.2, 0) is 19.1 Å². The quantitative estimate of drug-likeness (QED) is 0.493. The molecule has 8 nitrogen and oxygen atoms in total. The SMILES string of the molecule is C/C(=C\c1csc(C)n1)[C@@H]1C[C@@H]2CC(=O)NC2CCCC(C)[C@H](O)C(C)C(=O)C(C)(C)C(O)CC(=O)O1. The van der Waals surface area contributed by atoms with Crippen LogP contribution >= 0.6 is 11.3 Å². The molecule has 2 saturated heterocycles. The summed E-state index contributed by atoms with van der Waals surface area (Å²) in [6.07, 6.45) is 1.90. The van der Waals surface area contributed by atoms with Crippen molar-refractivity contribution in [3.63, 3.8) is 0 Å². The van der Waals surface area contributed by atoms with Crippen molar-refractivity contribution < 1.29 is 29.3 Å². The molecule has 3 N–H and O–H groups in total. The number of thiazole rings is 1. The maximum absolute atomic E-state index is 13.3. The first-order valence-corrected chi connectivity index (χ1v) is 14.2. The third-order valence-corrected chi connectivity index (χ3v) is 8.98. The molecule has 7 atom stereocenters. The van der Waals surface area contributed by atoms with E-state index in [1.165, 1.54) is 11.3 Å². The van der Waals surface area contributed by atoms with E-state index in [4.69, 9.17) is 4.74 Å². The predicted octanol–water partition coefficient (Wildman–Crippen LogP) is 3.82. The Kier molecular flexibility index (Phi) is 9.69. The number of rotatable bonds is 2. The summed E-state index contributed by atoms with van der Waals surface area (Å²) >= 11 is 1.54. The molecule has 1 amide bonds. The van der Waals surface area contributed by atoms with Gasteiger partial charge in [0.25, 0.3) is 0 Å². The molecular formula is C28H42N2O6S. The van der Waals surface area contributed by atoms with Gasteiger partial charge in [-0.1, -0.05) is 34.1 Å². The van der Waals surface area contributed by atoms with Crippen LogP contribution in [0.4, 0.5) is 0 Å². The van der Waals surface area contributed by atoms with E-state index in [9.17, 15) is 24.6 Å². The van der Waals surface area contributed by atoms with Crippen molar-refractivity contribution in [2.24, 2.45) is 23.2 Å². The summed E-state index contributed by atoms with van der Waals surface area (Å²) in [5.74, 6) is -1.74. The first kappa shape index (κ1) is 29.5. The molecule has 37 heavy (non-hydrogen) atoms. The number of cyclic esters (lactones) is 1. The van der Waals surface area contributed by atoms with Gasteiger partial charge in [0, 0.05) is 23.8 Å². The van der Waals surface area contributed by atoms with Crippen LogP contribution in [0.25, 0.3) is 6.08 Å². The molecule has 4 unspecified atom stereocenters. The van der Waals surface area contributed by atoms with Gasteiger partial charge in [0.05, 0.1) is 34.7 Å². The van der Waals surface area contributed by atoms with Gasteiger partial charge in [0.15, 0.2) is 0 Å². The standard InChI is InChI=1S/C28H42N2O6S/c1-15-8-7-9-21-19(12-24(32)30-21)11-22(16(2)10-20-14-37-18(4)29-20)36-25(33)13-23(31)28(5,6)27(35)17(3)26(15)34/h10,14-15,17,19,21-23,26,31,34H,7-9,11-13H2,1-6H3,(H,30,32)/b16-10+/t15?,17?,19-,21?,22+,23?,26+/m1/s1. The van der Waals surface area contributed by atoms with E-state index in [1.54, 1.807) is 20.8 Å². The highest BCUT2D eigenvalue weighted by Gasteiger charge is 2.43. The number of Topliss-reactive ketones (excluding diaryl/α,β-unsaturated/α-hetero) is 1. The van der Waals surface area contributed by atoms with Gasteiger partial charge in [-0.05, 0) is 56.6 Å². The number of ketones is 1. The maximum Gasteiger partial charge on any atom is 0.309 e. The van der Waals surface area contributed by atoms with Crippen LogP contribution in [0.2, 0.25) is 0 Å². The Labute approximate surface area is 223 Å². The number of nitrogens with one attached hydrogen (secondary N) is 1. The molecule has 0 aliphatic carbocycles. The summed E-state index contributed by atoms with van der Waals surface area (Å²) in [6.45, 7) is 10.6. The van der Waals surface area contributed by atoms with Crippen molar-refractivity contribution in [2.45, 2.75) is 104 Å². The number of amides is 1. The first-order chi connectivity index (χ1) is 17.3. The molecule has 1 aromatic heterocycles. The Hall–Kier alpha value is -2.10. The van der Waals surface area contributed by atoms with E-state index < -0.39 is 35.6 Å². The minimum Gasteiger partial charge on any atom is -0.458 e. The zero-order chi connectivity index (χ0) is 27.5. The van der Waals surface area contributed by atoms with E-state index in [0.29, 0.717) is 19.3 Å². The highest BCUT2D eigenvalue weighted by Crippen LogP contribution is 2.34. The number of carbonyl (C=O) groups excluding carboxylic acids is 3. The molecule has 0 aromatic carbocycles. The number of hydrogen-bond acceptors (Lipinski definition) is 8. The molecule has 0 radical (unpaired) electrons. The fraction of sp³-hybridized carbons (Fsp3) is 0.714. The summed E-state index contributed by atoms with van der Waals surface area (Å²) in [5, 5.41) is 27.7. The lowest BCUT2D eigenvalue weighted by molar-refractivity contribution is -0.154. The first-order valence-electron chi connectivity index (χ1n) is 13.3. The van der Waals surface area contributed by atoms with Gasteiger partial charge in [0.1, 0.15) is 11.9 Å². The number of ether oxygens (including phenoxy) is 1. The van der Waals surface area contributed by atoms with Gasteiger partial charge in [0.2, 0.25) is 5.91 Å². The molecule has 206 valence electrons. The zero-order valence-electron chi connectivity index (χ0n) is 22.8. The van der Waals surface area contributed by atoms with Gasteiger partial charge < -0.3 is 20.3 Å². The van der Waals surface area contributed by atoms with Crippen molar-refractivity contribution >= 4 is 35.1 Å². The third kappa shape index (κ3) is 7.27. The molecule has 3 heterocycles. The molecular weight excluding hydrogens is 492 g/mol. The lowest BCUT2D eigenvalue weighted by Gasteiger charge is -2.35. The predicted molar refractivity (Wildman–Crippen MR) is 143 cm³/mol. The number of hydrogen-bond donors (Lipinski definition) is 3. The topological polar surface area (TPSA) is 126 Å². The number of aliphatic hydroxyl groups is 2. The molecule has 0 bridgehead atoms. The zero-order valence-corrected chi connectivity index (χ0v) is 23.6. The van der Waals surface area contributed by atoms with E-state index in [0.717, 1.165) is 29.1 Å². The van der Waals surface area contributed by atoms with Gasteiger partial charge in [-0.3, -0.25) is 14.4 Å². The third-order valence-electron chi connectivity index (χ3n) is 8.19. The number of esters is 1. The average molecular weight is 535 g/mol. The Bertz CT molecular complexity index is 1020. The highest BCUT2D eigenvalue weighted by molar-refractivity contribution is 7.09. The lowest BCUT2D eigenvalue weighted by atomic mass is 9.73. The van der Waals surface area contributed by atoms with Crippen molar-refractivity contribution in [2.75, 3.05) is 0 Å². The molecule has 2 aliphatic heterocycles. The largest absolute Gasteiger partial charge is 0.458 e. The molecule has 0 spiro atoms. The van der Waals surface area contributed by atoms with Gasteiger partial charge in [-0.2, -0.15) is 0 Å². The smallest absolute Gasteiger partial charge is 0.309 e. The summed E-state index contributed by atoms with van der Waals surface area (Å²) in [4.78, 5) is 43.1. The lowest BCUT2D eigenvalue weighted by Crippen LogP contribution is -2.46. The second-order valence-electron chi connectivity index (χ2n) is 11.5. The minimum absolute atomic E-state index is 0.0131. The van der Waals surface area contributed by atoms with Crippen molar-refractivity contribution in [3.8, 4) is 0 Å². The van der Waals surface area contributed by atoms with Crippen LogP contribution in [-0.4, -0.2) is 57.2 Å². The number of aromatic nitrogens is 1. The molecule has 0 saturated carbocycles. The molecule has 1 aromatic rings. The van der Waals surface area contributed by atoms with Crippen LogP contribution in [0.15, 0.2) is 11.0 Å². The summed E-state index contributed by atoms with van der Waals surface area (Å²) in [6, 6.07) is -0.0520. The van der Waals surface area contributed by atoms with Gasteiger partial charge in [-0.15, -0.1) is 11.3 Å². The second-order valence-corrected chi connectivity index (χ2v) is 12.6. The van der Waals surface area contributed by atoms with Crippen LogP contribution in [0.1, 0.15) is 83.8 Å². The Morgan fingerprint density at radius 3 is 2.54 bits per heavy atom. The second kappa shape index (κ2) is 12.2. The van der Waals surface area contributed by atoms with E-state index in [1.807, 2.05) is 32.2 Å². The Balaban J connectivity index is 1.91. The number of nitrogens with zero attached hydrogens (tertiary/aromatic N) is 1. The normalized spacial score (nSPS) is 34.5. The van der Waals surface area contributed by atoms with Gasteiger partial charge >= 0.3 is 5.97 Å². The highest BCUT2D eigenvalue weighted by atomic mass is 32.1. The molecule has 3 rings (SSSR count). The maximum atomic E-state index is 13.3. The summed E-state index contributed by atoms with van der Waals surface area (Å²) in [7, 11) is 0. The number of aliphatic hydroxyl groups excluding tert-OH is 2.